The molecule has 1 unspecified atom stereocenters. The summed E-state index contributed by atoms with van der Waals surface area (Å²) in [6.07, 6.45) is 0.915. The highest BCUT2D eigenvalue weighted by molar-refractivity contribution is 7.80. The van der Waals surface area contributed by atoms with E-state index in [9.17, 15) is 4.57 Å². The second-order valence-corrected chi connectivity index (χ2v) is 4.91. The summed E-state index contributed by atoms with van der Waals surface area (Å²) < 4.78 is 15.2. The molecule has 13 heavy (non-hydrogen) atoms. The number of rotatable bonds is 3. The number of hydrogen-bond donors (Lipinski definition) is 1. The summed E-state index contributed by atoms with van der Waals surface area (Å²) in [5.41, 5.74) is 1.13. The molecule has 0 spiro atoms. The molecule has 0 fully saturated rings. The van der Waals surface area contributed by atoms with Gasteiger partial charge in [0.15, 0.2) is 0 Å². The Labute approximate surface area is 81.6 Å². The maximum absolute atomic E-state index is 10.6. The average molecular weight is 221 g/mol. The van der Waals surface area contributed by atoms with Crippen molar-refractivity contribution in [1.29, 1.82) is 0 Å². The molecule has 0 heterocycles. The zero-order valence-corrected chi connectivity index (χ0v) is 8.76. The third-order valence-corrected chi connectivity index (χ3v) is 2.19. The molecule has 1 aromatic carbocycles. The highest BCUT2D eigenvalue weighted by atomic mass is 35.7. The molecule has 0 aliphatic heterocycles. The second kappa shape index (κ2) is 4.14. The fraction of sp³-hybridized carbons (Fsp3) is 0.250. The van der Waals surface area contributed by atoms with Crippen LogP contribution in [0.5, 0.6) is 5.75 Å². The van der Waals surface area contributed by atoms with Crippen molar-refractivity contribution in [3.63, 3.8) is 0 Å². The minimum atomic E-state index is -3.94. The summed E-state index contributed by atoms with van der Waals surface area (Å²) >= 11 is 5.03. The standard InChI is InChI=1S/C8H10ClO3P/c1-2-7-3-5-8(6-4-7)12-13(9,10)11/h3-6H,2H2,1H3,(H,10,11). The minimum absolute atomic E-state index is 0.304. The molecule has 5 heteroatoms. The van der Waals surface area contributed by atoms with Crippen LogP contribution < -0.4 is 4.52 Å². The molecule has 0 saturated heterocycles. The van der Waals surface area contributed by atoms with Crippen LogP contribution >= 0.6 is 18.2 Å². The molecule has 3 nitrogen and oxygen atoms in total. The average Bonchev–Trinajstić information content (AvgIpc) is 2.03. The molecule has 1 N–H and O–H groups in total. The van der Waals surface area contributed by atoms with Crippen molar-refractivity contribution in [2.24, 2.45) is 0 Å². The van der Waals surface area contributed by atoms with E-state index in [4.69, 9.17) is 16.1 Å². The van der Waals surface area contributed by atoms with Crippen LogP contribution in [-0.2, 0) is 11.0 Å². The first-order chi connectivity index (χ1) is 6.01. The van der Waals surface area contributed by atoms with Crippen LogP contribution in [0, 0.1) is 0 Å². The first-order valence-electron chi connectivity index (χ1n) is 3.82. The van der Waals surface area contributed by atoms with Gasteiger partial charge in [0.1, 0.15) is 5.75 Å². The van der Waals surface area contributed by atoms with E-state index in [0.717, 1.165) is 12.0 Å². The molecule has 72 valence electrons. The fourth-order valence-electron chi connectivity index (χ4n) is 0.916. The van der Waals surface area contributed by atoms with Crippen molar-refractivity contribution < 1.29 is 14.0 Å². The molecular formula is C8H10ClO3P. The normalized spacial score (nSPS) is 15.0. The third kappa shape index (κ3) is 3.81. The molecule has 0 saturated carbocycles. The van der Waals surface area contributed by atoms with Crippen LogP contribution in [0.15, 0.2) is 24.3 Å². The molecule has 0 bridgehead atoms. The van der Waals surface area contributed by atoms with Gasteiger partial charge in [0.05, 0.1) is 0 Å². The lowest BCUT2D eigenvalue weighted by Gasteiger charge is -2.06. The maximum Gasteiger partial charge on any atom is 0.474 e. The van der Waals surface area contributed by atoms with Crippen LogP contribution in [0.1, 0.15) is 12.5 Å². The Morgan fingerprint density at radius 3 is 2.38 bits per heavy atom. The summed E-state index contributed by atoms with van der Waals surface area (Å²) in [7, 11) is 0. The number of aryl methyl sites for hydroxylation is 1. The van der Waals surface area contributed by atoms with Crippen molar-refractivity contribution in [2.45, 2.75) is 13.3 Å². The Morgan fingerprint density at radius 2 is 2.00 bits per heavy atom. The van der Waals surface area contributed by atoms with Crippen molar-refractivity contribution in [1.82, 2.24) is 0 Å². The Bertz CT molecular complexity index is 317. The van der Waals surface area contributed by atoms with Gasteiger partial charge in [-0.3, -0.25) is 0 Å². The Morgan fingerprint density at radius 1 is 1.46 bits per heavy atom. The van der Waals surface area contributed by atoms with Crippen LogP contribution in [0.3, 0.4) is 0 Å². The highest BCUT2D eigenvalue weighted by Gasteiger charge is 2.15. The van der Waals surface area contributed by atoms with Gasteiger partial charge < -0.3 is 9.42 Å². The van der Waals surface area contributed by atoms with Gasteiger partial charge in [-0.25, -0.2) is 4.57 Å². The second-order valence-electron chi connectivity index (χ2n) is 2.54. The first-order valence-corrected chi connectivity index (χ1v) is 6.30. The Kier molecular flexibility index (Phi) is 3.37. The molecular weight excluding hydrogens is 211 g/mol. The largest absolute Gasteiger partial charge is 0.474 e. The quantitative estimate of drug-likeness (QED) is 0.797. The van der Waals surface area contributed by atoms with Crippen molar-refractivity contribution >= 4 is 18.2 Å². The summed E-state index contributed by atoms with van der Waals surface area (Å²) in [5.74, 6) is 0.304. The summed E-state index contributed by atoms with van der Waals surface area (Å²) in [6.45, 7) is -1.92. The number of halogens is 1. The molecule has 0 radical (unpaired) electrons. The first kappa shape index (κ1) is 10.6. The van der Waals surface area contributed by atoms with Crippen LogP contribution in [-0.4, -0.2) is 4.89 Å². The predicted molar refractivity (Wildman–Crippen MR) is 52.1 cm³/mol. The topological polar surface area (TPSA) is 46.5 Å². The molecule has 1 atom stereocenters. The van der Waals surface area contributed by atoms with E-state index in [2.05, 4.69) is 4.52 Å². The van der Waals surface area contributed by atoms with Gasteiger partial charge in [0.2, 0.25) is 0 Å². The summed E-state index contributed by atoms with van der Waals surface area (Å²) in [5, 5.41) is 0. The molecule has 1 rings (SSSR count). The molecule has 0 aliphatic rings. The monoisotopic (exact) mass is 220 g/mol. The van der Waals surface area contributed by atoms with E-state index < -0.39 is 6.95 Å². The summed E-state index contributed by atoms with van der Waals surface area (Å²) in [6, 6.07) is 6.87. The lowest BCUT2D eigenvalue weighted by atomic mass is 10.2. The highest BCUT2D eigenvalue weighted by Crippen LogP contribution is 2.47. The van der Waals surface area contributed by atoms with Gasteiger partial charge in [0, 0.05) is 11.2 Å². The van der Waals surface area contributed by atoms with Crippen molar-refractivity contribution in [2.75, 3.05) is 0 Å². The maximum atomic E-state index is 10.6. The van der Waals surface area contributed by atoms with Gasteiger partial charge in [-0.1, -0.05) is 19.1 Å². The minimum Gasteiger partial charge on any atom is -0.413 e. The lowest BCUT2D eigenvalue weighted by Crippen LogP contribution is -1.86. The van der Waals surface area contributed by atoms with E-state index in [1.165, 1.54) is 0 Å². The van der Waals surface area contributed by atoms with E-state index in [-0.39, 0.29) is 0 Å². The Hall–Kier alpha value is -0.500. The Balaban J connectivity index is 2.76. The lowest BCUT2D eigenvalue weighted by molar-refractivity contribution is 0.401. The number of benzene rings is 1. The predicted octanol–water partition coefficient (Wildman–Crippen LogP) is 2.97. The zero-order valence-electron chi connectivity index (χ0n) is 7.11. The van der Waals surface area contributed by atoms with Gasteiger partial charge in [-0.15, -0.1) is 0 Å². The van der Waals surface area contributed by atoms with Crippen LogP contribution in [0.25, 0.3) is 0 Å². The smallest absolute Gasteiger partial charge is 0.413 e. The number of hydrogen-bond acceptors (Lipinski definition) is 2. The van der Waals surface area contributed by atoms with Gasteiger partial charge >= 0.3 is 6.95 Å². The zero-order chi connectivity index (χ0) is 9.90. The van der Waals surface area contributed by atoms with Gasteiger partial charge in [-0.2, -0.15) is 0 Å². The van der Waals surface area contributed by atoms with E-state index >= 15 is 0 Å². The van der Waals surface area contributed by atoms with Crippen LogP contribution in [0.4, 0.5) is 0 Å². The van der Waals surface area contributed by atoms with E-state index in [1.807, 2.05) is 19.1 Å². The SMILES string of the molecule is CCc1ccc(OP(=O)(O)Cl)cc1. The van der Waals surface area contributed by atoms with Crippen molar-refractivity contribution in [3.05, 3.63) is 29.8 Å². The molecule has 1 aromatic rings. The van der Waals surface area contributed by atoms with Gasteiger partial charge in [0.25, 0.3) is 0 Å². The summed E-state index contributed by atoms with van der Waals surface area (Å²) in [4.78, 5) is 8.70. The molecule has 0 aliphatic carbocycles. The van der Waals surface area contributed by atoms with E-state index in [0.29, 0.717) is 5.75 Å². The fourth-order valence-corrected chi connectivity index (χ4v) is 1.54. The van der Waals surface area contributed by atoms with Crippen molar-refractivity contribution in [3.8, 4) is 5.75 Å². The van der Waals surface area contributed by atoms with Gasteiger partial charge in [-0.05, 0) is 24.1 Å². The third-order valence-electron chi connectivity index (χ3n) is 1.55. The molecule has 0 aromatic heterocycles. The molecule has 0 amide bonds. The van der Waals surface area contributed by atoms with E-state index in [1.54, 1.807) is 12.1 Å². The van der Waals surface area contributed by atoms with Crippen LogP contribution in [0.2, 0.25) is 0 Å².